The van der Waals surface area contributed by atoms with Gasteiger partial charge in [0.2, 0.25) is 5.91 Å². The van der Waals surface area contributed by atoms with Gasteiger partial charge in [0.1, 0.15) is 6.61 Å². The minimum Gasteiger partial charge on any atom is -0.481 e. The van der Waals surface area contributed by atoms with E-state index >= 15 is 0 Å². The van der Waals surface area contributed by atoms with Gasteiger partial charge in [-0.2, -0.15) is 0 Å². The molecule has 1 aliphatic heterocycles. The quantitative estimate of drug-likeness (QED) is 0.561. The lowest BCUT2D eigenvalue weighted by Gasteiger charge is -2.36. The fourth-order valence-corrected chi connectivity index (χ4v) is 5.12. The van der Waals surface area contributed by atoms with Gasteiger partial charge in [0, 0.05) is 25.6 Å². The molecule has 186 valence electrons. The lowest BCUT2D eigenvalue weighted by Crippen LogP contribution is -2.52. The fraction of sp³-hybridized carbons (Fsp3) is 0.444. The lowest BCUT2D eigenvalue weighted by molar-refractivity contribution is -0.150. The Balaban J connectivity index is 1.36. The summed E-state index contributed by atoms with van der Waals surface area (Å²) < 4.78 is 5.57. The molecule has 0 aromatic heterocycles. The van der Waals surface area contributed by atoms with Crippen LogP contribution in [0.25, 0.3) is 11.1 Å². The Kier molecular flexibility index (Phi) is 7.40. The second-order valence-corrected chi connectivity index (χ2v) is 9.72. The number of carbonyl (C=O) groups excluding carboxylic acids is 2. The number of benzene rings is 2. The third kappa shape index (κ3) is 5.32. The van der Waals surface area contributed by atoms with E-state index in [9.17, 15) is 24.6 Å². The Morgan fingerprint density at radius 1 is 1.03 bits per heavy atom. The van der Waals surface area contributed by atoms with E-state index in [1.54, 1.807) is 0 Å². The average Bonchev–Trinajstić information content (AvgIpc) is 3.16. The number of alkyl carbamates (subject to hydrolysis) is 1. The molecule has 3 unspecified atom stereocenters. The van der Waals surface area contributed by atoms with Crippen LogP contribution in [0.4, 0.5) is 4.79 Å². The number of carboxylic acids is 1. The summed E-state index contributed by atoms with van der Waals surface area (Å²) in [7, 11) is 0. The number of hydrogen-bond donors (Lipinski definition) is 3. The number of ether oxygens (including phenoxy) is 1. The topological polar surface area (TPSA) is 116 Å². The van der Waals surface area contributed by atoms with Gasteiger partial charge in [0.15, 0.2) is 0 Å². The van der Waals surface area contributed by atoms with Crippen molar-refractivity contribution >= 4 is 18.0 Å². The van der Waals surface area contributed by atoms with Gasteiger partial charge in [-0.25, -0.2) is 4.79 Å². The minimum atomic E-state index is -1.03. The predicted octanol–water partition coefficient (Wildman–Crippen LogP) is 3.09. The number of likely N-dealkylation sites (tertiary alicyclic amines) is 1. The number of aliphatic carboxylic acids is 1. The number of nitrogens with one attached hydrogen (secondary N) is 1. The third-order valence-corrected chi connectivity index (χ3v) is 7.02. The second kappa shape index (κ2) is 10.5. The van der Waals surface area contributed by atoms with Gasteiger partial charge in [-0.3, -0.25) is 9.59 Å². The van der Waals surface area contributed by atoms with Crippen LogP contribution in [0.2, 0.25) is 0 Å². The fourth-order valence-electron chi connectivity index (χ4n) is 5.12. The van der Waals surface area contributed by atoms with Gasteiger partial charge >= 0.3 is 12.1 Å². The number of rotatable bonds is 7. The van der Waals surface area contributed by atoms with Crippen molar-refractivity contribution in [1.82, 2.24) is 10.2 Å². The summed E-state index contributed by atoms with van der Waals surface area (Å²) in [6.07, 6.45) is -1.35. The first-order valence-corrected chi connectivity index (χ1v) is 12.0. The number of carbonyl (C=O) groups is 3. The molecule has 1 fully saturated rings. The molecule has 4 rings (SSSR count). The first-order chi connectivity index (χ1) is 16.8. The normalized spacial score (nSPS) is 20.2. The molecular formula is C27H32N2O6. The zero-order chi connectivity index (χ0) is 25.1. The number of aliphatic hydroxyl groups excluding tert-OH is 1. The monoisotopic (exact) mass is 480 g/mol. The summed E-state index contributed by atoms with van der Waals surface area (Å²) in [5.74, 6) is -2.82. The van der Waals surface area contributed by atoms with Gasteiger partial charge in [-0.1, -0.05) is 62.4 Å². The maximum atomic E-state index is 13.1. The van der Waals surface area contributed by atoms with Crippen molar-refractivity contribution in [3.8, 4) is 11.1 Å². The maximum Gasteiger partial charge on any atom is 0.407 e. The van der Waals surface area contributed by atoms with Crippen molar-refractivity contribution in [2.75, 3.05) is 26.2 Å². The molecule has 8 nitrogen and oxygen atoms in total. The Labute approximate surface area is 204 Å². The summed E-state index contributed by atoms with van der Waals surface area (Å²) in [4.78, 5) is 38.5. The molecule has 3 N–H and O–H groups in total. The van der Waals surface area contributed by atoms with Crippen LogP contribution in [0.3, 0.4) is 0 Å². The molecule has 1 saturated heterocycles. The molecule has 2 aliphatic rings. The largest absolute Gasteiger partial charge is 0.481 e. The lowest BCUT2D eigenvalue weighted by atomic mass is 9.90. The summed E-state index contributed by atoms with van der Waals surface area (Å²) in [6, 6.07) is 16.2. The van der Waals surface area contributed by atoms with Crippen LogP contribution in [0.5, 0.6) is 0 Å². The molecule has 2 amide bonds. The number of fused-ring (bicyclic) bond motifs is 3. The smallest absolute Gasteiger partial charge is 0.407 e. The number of amides is 2. The first-order valence-electron chi connectivity index (χ1n) is 12.0. The average molecular weight is 481 g/mol. The van der Waals surface area contributed by atoms with Crippen molar-refractivity contribution in [1.29, 1.82) is 0 Å². The molecule has 0 spiro atoms. The molecule has 35 heavy (non-hydrogen) atoms. The van der Waals surface area contributed by atoms with Crippen LogP contribution >= 0.6 is 0 Å². The van der Waals surface area contributed by atoms with Gasteiger partial charge in [0.05, 0.1) is 17.9 Å². The third-order valence-electron chi connectivity index (χ3n) is 7.02. The number of nitrogens with zero attached hydrogens (tertiary/aromatic N) is 1. The summed E-state index contributed by atoms with van der Waals surface area (Å²) in [5.41, 5.74) is 4.53. The summed E-state index contributed by atoms with van der Waals surface area (Å²) >= 11 is 0. The van der Waals surface area contributed by atoms with E-state index < -0.39 is 30.0 Å². The highest BCUT2D eigenvalue weighted by Gasteiger charge is 2.36. The van der Waals surface area contributed by atoms with Crippen molar-refractivity contribution in [2.24, 2.45) is 17.8 Å². The van der Waals surface area contributed by atoms with Crippen LogP contribution in [0.15, 0.2) is 48.5 Å². The Bertz CT molecular complexity index is 1060. The van der Waals surface area contributed by atoms with Gasteiger partial charge in [0.25, 0.3) is 0 Å². The van der Waals surface area contributed by atoms with E-state index in [4.69, 9.17) is 4.74 Å². The van der Waals surface area contributed by atoms with Crippen LogP contribution in [-0.2, 0) is 14.3 Å². The SMILES string of the molecule is CC(C)C(CNC(=O)OCC1c2ccccc2-c2ccccc21)C(=O)N1CC(O)CC(C(=O)O)C1. The van der Waals surface area contributed by atoms with E-state index in [1.165, 1.54) is 4.90 Å². The molecular weight excluding hydrogens is 448 g/mol. The highest BCUT2D eigenvalue weighted by molar-refractivity contribution is 5.82. The number of β-amino-alcohol motifs (C(OH)–C–C–N with tert-alkyl or cyclic N) is 1. The molecule has 0 saturated carbocycles. The first kappa shape index (κ1) is 24.7. The van der Waals surface area contributed by atoms with Crippen molar-refractivity contribution < 1.29 is 29.3 Å². The molecule has 8 heteroatoms. The number of carboxylic acid groups (broad SMARTS) is 1. The Hall–Kier alpha value is -3.39. The van der Waals surface area contributed by atoms with E-state index in [0.717, 1.165) is 22.3 Å². The van der Waals surface area contributed by atoms with Crippen LogP contribution < -0.4 is 5.32 Å². The predicted molar refractivity (Wildman–Crippen MR) is 130 cm³/mol. The minimum absolute atomic E-state index is 0.0550. The van der Waals surface area contributed by atoms with Crippen LogP contribution in [0, 0.1) is 17.8 Å². The standard InChI is InChI=1S/C27H32N2O6/c1-16(2)23(25(31)29-13-17(26(32)33)11-18(30)14-29)12-28-27(34)35-15-24-21-9-5-3-7-19(21)20-8-4-6-10-22(20)24/h3-10,16-18,23-24,30H,11-15H2,1-2H3,(H,28,34)(H,32,33). The van der Waals surface area contributed by atoms with Gasteiger partial charge in [-0.15, -0.1) is 0 Å². The molecule has 1 aliphatic carbocycles. The van der Waals surface area contributed by atoms with Crippen LogP contribution in [-0.4, -0.2) is 65.4 Å². The van der Waals surface area contributed by atoms with Crippen molar-refractivity contribution in [3.05, 3.63) is 59.7 Å². The molecule has 3 atom stereocenters. The summed E-state index contributed by atoms with van der Waals surface area (Å²) in [5, 5.41) is 22.1. The van der Waals surface area contributed by atoms with Crippen LogP contribution in [0.1, 0.15) is 37.3 Å². The van der Waals surface area contributed by atoms with Crippen molar-refractivity contribution in [2.45, 2.75) is 32.3 Å². The van der Waals surface area contributed by atoms with Gasteiger partial charge in [-0.05, 0) is 34.6 Å². The Morgan fingerprint density at radius 2 is 1.63 bits per heavy atom. The second-order valence-electron chi connectivity index (χ2n) is 9.72. The molecule has 0 bridgehead atoms. The highest BCUT2D eigenvalue weighted by atomic mass is 16.5. The number of hydrogen-bond acceptors (Lipinski definition) is 5. The van der Waals surface area contributed by atoms with Crippen molar-refractivity contribution in [3.63, 3.8) is 0 Å². The van der Waals surface area contributed by atoms with E-state index in [-0.39, 0.29) is 50.4 Å². The number of aliphatic hydroxyl groups is 1. The highest BCUT2D eigenvalue weighted by Crippen LogP contribution is 2.44. The van der Waals surface area contributed by atoms with E-state index in [0.29, 0.717) is 0 Å². The molecule has 2 aromatic carbocycles. The molecule has 1 heterocycles. The zero-order valence-corrected chi connectivity index (χ0v) is 20.0. The number of piperidine rings is 1. The zero-order valence-electron chi connectivity index (χ0n) is 20.0. The Morgan fingerprint density at radius 3 is 2.20 bits per heavy atom. The van der Waals surface area contributed by atoms with E-state index in [2.05, 4.69) is 17.4 Å². The maximum absolute atomic E-state index is 13.1. The summed E-state index contributed by atoms with van der Waals surface area (Å²) in [6.45, 7) is 4.14. The molecule has 0 radical (unpaired) electrons. The van der Waals surface area contributed by atoms with E-state index in [1.807, 2.05) is 50.2 Å². The molecule has 2 aromatic rings. The van der Waals surface area contributed by atoms with Gasteiger partial charge < -0.3 is 25.2 Å².